The normalized spacial score (nSPS) is 20.5. The van der Waals surface area contributed by atoms with Crippen molar-refractivity contribution in [2.75, 3.05) is 33.4 Å². The molecule has 2 aliphatic heterocycles. The van der Waals surface area contributed by atoms with Gasteiger partial charge in [-0.2, -0.15) is 0 Å². The molecule has 30 heavy (non-hydrogen) atoms. The number of hydrogen-bond donors (Lipinski definition) is 0. The summed E-state index contributed by atoms with van der Waals surface area (Å²) in [5.41, 5.74) is 0.300. The quantitative estimate of drug-likeness (QED) is 0.686. The zero-order valence-corrected chi connectivity index (χ0v) is 18.1. The monoisotopic (exact) mass is 409 g/mol. The van der Waals surface area contributed by atoms with Gasteiger partial charge in [0.2, 0.25) is 0 Å². The van der Waals surface area contributed by atoms with Gasteiger partial charge in [-0.05, 0) is 43.0 Å². The first-order chi connectivity index (χ1) is 14.5. The maximum atomic E-state index is 13.6. The van der Waals surface area contributed by atoms with Crippen LogP contribution in [-0.4, -0.2) is 71.6 Å². The van der Waals surface area contributed by atoms with Crippen LogP contribution >= 0.6 is 0 Å². The first kappa shape index (κ1) is 20.8. The maximum absolute atomic E-state index is 13.6. The van der Waals surface area contributed by atoms with Gasteiger partial charge in [0.15, 0.2) is 0 Å². The van der Waals surface area contributed by atoms with Crippen molar-refractivity contribution in [3.05, 3.63) is 48.0 Å². The Labute approximate surface area is 178 Å². The van der Waals surface area contributed by atoms with E-state index in [1.165, 1.54) is 4.90 Å². The second-order valence-electron chi connectivity index (χ2n) is 8.43. The molecule has 4 rings (SSSR count). The summed E-state index contributed by atoms with van der Waals surface area (Å²) in [6.45, 7) is 7.24. The van der Waals surface area contributed by atoms with Crippen LogP contribution in [0.1, 0.15) is 32.3 Å². The minimum Gasteiger partial charge on any atom is -0.383 e. The first-order valence-corrected chi connectivity index (χ1v) is 10.8. The topological polar surface area (TPSA) is 53.1 Å². The van der Waals surface area contributed by atoms with E-state index in [9.17, 15) is 9.59 Å². The Kier molecular flexibility index (Phi) is 5.80. The Hall–Kier alpha value is -2.44. The van der Waals surface area contributed by atoms with Gasteiger partial charge in [-0.1, -0.05) is 42.5 Å². The van der Waals surface area contributed by atoms with Crippen molar-refractivity contribution in [3.63, 3.8) is 0 Å². The maximum Gasteiger partial charge on any atom is 0.327 e. The van der Waals surface area contributed by atoms with E-state index in [2.05, 4.69) is 30.0 Å². The van der Waals surface area contributed by atoms with Crippen molar-refractivity contribution in [2.24, 2.45) is 0 Å². The van der Waals surface area contributed by atoms with Crippen LogP contribution < -0.4 is 0 Å². The number of methoxy groups -OCH3 is 1. The molecule has 6 heteroatoms. The number of ether oxygens (including phenoxy) is 1. The Morgan fingerprint density at radius 2 is 1.77 bits per heavy atom. The van der Waals surface area contributed by atoms with Crippen molar-refractivity contribution in [3.8, 4) is 0 Å². The molecule has 2 heterocycles. The first-order valence-electron chi connectivity index (χ1n) is 10.8. The lowest BCUT2D eigenvalue weighted by Crippen LogP contribution is -2.58. The van der Waals surface area contributed by atoms with Crippen LogP contribution in [-0.2, 0) is 16.1 Å². The van der Waals surface area contributed by atoms with Crippen molar-refractivity contribution in [1.82, 2.24) is 14.7 Å². The van der Waals surface area contributed by atoms with E-state index < -0.39 is 5.54 Å². The highest BCUT2D eigenvalue weighted by molar-refractivity contribution is 6.07. The molecule has 0 aromatic heterocycles. The molecule has 2 fully saturated rings. The molecule has 3 amide bonds. The second kappa shape index (κ2) is 8.36. The summed E-state index contributed by atoms with van der Waals surface area (Å²) in [7, 11) is 1.71. The molecule has 1 spiro atoms. The number of fused-ring (bicyclic) bond motifs is 1. The van der Waals surface area contributed by atoms with Crippen molar-refractivity contribution in [2.45, 2.75) is 44.8 Å². The molecule has 6 nitrogen and oxygen atoms in total. The number of likely N-dealkylation sites (tertiary alicyclic amines) is 1. The molecule has 2 saturated heterocycles. The molecule has 0 bridgehead atoms. The molecule has 1 atom stereocenters. The van der Waals surface area contributed by atoms with Crippen LogP contribution in [0.15, 0.2) is 42.5 Å². The number of carbonyl (C=O) groups excluding carboxylic acids is 2. The number of urea groups is 1. The van der Waals surface area contributed by atoms with Crippen LogP contribution in [0, 0.1) is 0 Å². The fourth-order valence-electron chi connectivity index (χ4n) is 5.13. The molecule has 2 aromatic rings. The van der Waals surface area contributed by atoms with Crippen LogP contribution in [0.4, 0.5) is 4.79 Å². The number of nitrogens with zero attached hydrogens (tertiary/aromatic N) is 3. The number of hydrogen-bond acceptors (Lipinski definition) is 4. The number of likely N-dealkylation sites (N-methyl/N-ethyl adjacent to an activating group) is 1. The fraction of sp³-hybridized carbons (Fsp3) is 0.500. The lowest BCUT2D eigenvalue weighted by Gasteiger charge is -2.43. The summed E-state index contributed by atoms with van der Waals surface area (Å²) in [4.78, 5) is 32.5. The number of carbonyl (C=O) groups is 2. The van der Waals surface area contributed by atoms with Crippen LogP contribution in [0.5, 0.6) is 0 Å². The highest BCUT2D eigenvalue weighted by Crippen LogP contribution is 2.38. The largest absolute Gasteiger partial charge is 0.383 e. The SMILES string of the molecule is CCN1C(=O)N(Cc2cccc3ccccc23)C(=O)C12CCN(C(C)COC)CC2. The summed E-state index contributed by atoms with van der Waals surface area (Å²) in [5, 5.41) is 2.21. The molecule has 2 aromatic carbocycles. The van der Waals surface area contributed by atoms with Crippen LogP contribution in [0.3, 0.4) is 0 Å². The van der Waals surface area contributed by atoms with E-state index in [1.54, 1.807) is 12.0 Å². The van der Waals surface area contributed by atoms with Gasteiger partial charge in [0.05, 0.1) is 13.2 Å². The van der Waals surface area contributed by atoms with Crippen molar-refractivity contribution < 1.29 is 14.3 Å². The van der Waals surface area contributed by atoms with Gasteiger partial charge in [0.25, 0.3) is 5.91 Å². The van der Waals surface area contributed by atoms with Gasteiger partial charge in [-0.3, -0.25) is 14.6 Å². The lowest BCUT2D eigenvalue weighted by molar-refractivity contribution is -0.136. The average Bonchev–Trinajstić information content (AvgIpc) is 2.95. The van der Waals surface area contributed by atoms with Crippen LogP contribution in [0.2, 0.25) is 0 Å². The van der Waals surface area contributed by atoms with Gasteiger partial charge in [-0.15, -0.1) is 0 Å². The fourth-order valence-corrected chi connectivity index (χ4v) is 5.13. The molecular weight excluding hydrogens is 378 g/mol. The molecule has 0 aliphatic carbocycles. The molecular formula is C24H31N3O3. The molecule has 0 saturated carbocycles. The minimum atomic E-state index is -0.709. The number of rotatable bonds is 6. The Morgan fingerprint density at radius 3 is 2.47 bits per heavy atom. The van der Waals surface area contributed by atoms with E-state index in [-0.39, 0.29) is 11.9 Å². The number of benzene rings is 2. The lowest BCUT2D eigenvalue weighted by atomic mass is 9.85. The molecule has 2 aliphatic rings. The van der Waals surface area contributed by atoms with Crippen molar-refractivity contribution in [1.29, 1.82) is 0 Å². The highest BCUT2D eigenvalue weighted by Gasteiger charge is 2.57. The smallest absolute Gasteiger partial charge is 0.327 e. The molecule has 0 N–H and O–H groups in total. The zero-order chi connectivity index (χ0) is 21.3. The Morgan fingerprint density at radius 1 is 1.07 bits per heavy atom. The summed E-state index contributed by atoms with van der Waals surface area (Å²) < 4.78 is 5.29. The van der Waals surface area contributed by atoms with E-state index in [1.807, 2.05) is 31.2 Å². The summed E-state index contributed by atoms with van der Waals surface area (Å²) in [5.74, 6) is -0.0404. The standard InChI is InChI=1S/C24H31N3O3/c1-4-27-23(29)26(16-20-10-7-9-19-8-5-6-11-21(19)20)22(28)24(27)12-14-25(15-13-24)18(2)17-30-3/h5-11,18H,4,12-17H2,1-3H3. The average molecular weight is 410 g/mol. The van der Waals surface area contributed by atoms with E-state index in [0.717, 1.165) is 29.4 Å². The van der Waals surface area contributed by atoms with Crippen molar-refractivity contribution >= 4 is 22.7 Å². The van der Waals surface area contributed by atoms with Gasteiger partial charge in [0.1, 0.15) is 5.54 Å². The van der Waals surface area contributed by atoms with E-state index >= 15 is 0 Å². The van der Waals surface area contributed by atoms with Crippen LogP contribution in [0.25, 0.3) is 10.8 Å². The molecule has 0 radical (unpaired) electrons. The summed E-state index contributed by atoms with van der Waals surface area (Å²) in [6.07, 6.45) is 1.34. The molecule has 160 valence electrons. The number of piperidine rings is 1. The minimum absolute atomic E-state index is 0.0404. The summed E-state index contributed by atoms with van der Waals surface area (Å²) >= 11 is 0. The number of imide groups is 1. The Bertz CT molecular complexity index is 931. The van der Waals surface area contributed by atoms with Gasteiger partial charge in [-0.25, -0.2) is 4.79 Å². The predicted octanol–water partition coefficient (Wildman–Crippen LogP) is 3.49. The van der Waals surface area contributed by atoms with Gasteiger partial charge >= 0.3 is 6.03 Å². The zero-order valence-electron chi connectivity index (χ0n) is 18.1. The summed E-state index contributed by atoms with van der Waals surface area (Å²) in [6, 6.07) is 14.3. The van der Waals surface area contributed by atoms with Gasteiger partial charge in [0, 0.05) is 32.8 Å². The Balaban J connectivity index is 1.58. The predicted molar refractivity (Wildman–Crippen MR) is 117 cm³/mol. The van der Waals surface area contributed by atoms with Gasteiger partial charge < -0.3 is 9.64 Å². The molecule has 1 unspecified atom stereocenters. The third kappa shape index (κ3) is 3.38. The third-order valence-electron chi connectivity index (χ3n) is 6.80. The van der Waals surface area contributed by atoms with E-state index in [0.29, 0.717) is 38.6 Å². The highest BCUT2D eigenvalue weighted by atomic mass is 16.5. The third-order valence-corrected chi connectivity index (χ3v) is 6.80. The second-order valence-corrected chi connectivity index (χ2v) is 8.43. The number of amides is 3. The van der Waals surface area contributed by atoms with E-state index in [4.69, 9.17) is 4.74 Å².